The summed E-state index contributed by atoms with van der Waals surface area (Å²) in [5.74, 6) is 1.36. The SMILES string of the molecule is Cc1nnc(CN2CC(C)NC(C)C2)o1. The van der Waals surface area contributed by atoms with Crippen molar-refractivity contribution in [2.45, 2.75) is 39.4 Å². The summed E-state index contributed by atoms with van der Waals surface area (Å²) >= 11 is 0. The fraction of sp³-hybridized carbons (Fsp3) is 0.800. The third kappa shape index (κ3) is 2.76. The van der Waals surface area contributed by atoms with Gasteiger partial charge in [0.2, 0.25) is 11.8 Å². The third-order valence-electron chi connectivity index (χ3n) is 2.56. The van der Waals surface area contributed by atoms with Crippen LogP contribution in [-0.2, 0) is 6.54 Å². The number of aryl methyl sites for hydroxylation is 1. The Morgan fingerprint density at radius 3 is 2.53 bits per heavy atom. The highest BCUT2D eigenvalue weighted by Gasteiger charge is 2.22. The number of aromatic nitrogens is 2. The number of nitrogens with zero attached hydrogens (tertiary/aromatic N) is 3. The second kappa shape index (κ2) is 4.28. The molecule has 1 saturated heterocycles. The smallest absolute Gasteiger partial charge is 0.230 e. The maximum absolute atomic E-state index is 5.37. The molecule has 1 aromatic rings. The molecule has 0 amide bonds. The molecule has 0 radical (unpaired) electrons. The highest BCUT2D eigenvalue weighted by Crippen LogP contribution is 2.08. The average molecular weight is 210 g/mol. The molecule has 15 heavy (non-hydrogen) atoms. The highest BCUT2D eigenvalue weighted by molar-refractivity contribution is 4.85. The van der Waals surface area contributed by atoms with Crippen molar-refractivity contribution >= 4 is 0 Å². The van der Waals surface area contributed by atoms with Gasteiger partial charge in [0.1, 0.15) is 0 Å². The summed E-state index contributed by atoms with van der Waals surface area (Å²) in [4.78, 5) is 2.35. The standard InChI is InChI=1S/C10H18N4O/c1-7-4-14(5-8(2)11-7)6-10-13-12-9(3)15-10/h7-8,11H,4-6H2,1-3H3. The van der Waals surface area contributed by atoms with Gasteiger partial charge < -0.3 is 9.73 Å². The molecule has 2 atom stereocenters. The molecule has 2 unspecified atom stereocenters. The molecule has 0 saturated carbocycles. The minimum Gasteiger partial charge on any atom is -0.424 e. The van der Waals surface area contributed by atoms with Crippen LogP contribution in [-0.4, -0.2) is 40.3 Å². The van der Waals surface area contributed by atoms with Crippen LogP contribution in [0.25, 0.3) is 0 Å². The van der Waals surface area contributed by atoms with Crippen molar-refractivity contribution in [2.75, 3.05) is 13.1 Å². The molecule has 1 aliphatic heterocycles. The van der Waals surface area contributed by atoms with E-state index < -0.39 is 0 Å². The van der Waals surface area contributed by atoms with E-state index >= 15 is 0 Å². The van der Waals surface area contributed by atoms with Crippen molar-refractivity contribution in [1.29, 1.82) is 0 Å². The quantitative estimate of drug-likeness (QED) is 0.773. The normalized spacial score (nSPS) is 28.2. The predicted octanol–water partition coefficient (Wildman–Crippen LogP) is 0.560. The molecule has 0 bridgehead atoms. The van der Waals surface area contributed by atoms with Gasteiger partial charge in [-0.2, -0.15) is 0 Å². The molecule has 5 nitrogen and oxygen atoms in total. The van der Waals surface area contributed by atoms with Gasteiger partial charge in [-0.1, -0.05) is 0 Å². The van der Waals surface area contributed by atoms with Crippen molar-refractivity contribution in [3.8, 4) is 0 Å². The molecule has 1 fully saturated rings. The molecular weight excluding hydrogens is 192 g/mol. The van der Waals surface area contributed by atoms with Crippen LogP contribution in [0.15, 0.2) is 4.42 Å². The van der Waals surface area contributed by atoms with Crippen LogP contribution in [0.3, 0.4) is 0 Å². The number of nitrogens with one attached hydrogen (secondary N) is 1. The van der Waals surface area contributed by atoms with Gasteiger partial charge in [-0.25, -0.2) is 0 Å². The van der Waals surface area contributed by atoms with Crippen LogP contribution in [0, 0.1) is 6.92 Å². The predicted molar refractivity (Wildman–Crippen MR) is 56.4 cm³/mol. The molecule has 2 heterocycles. The second-order valence-electron chi connectivity index (χ2n) is 4.38. The lowest BCUT2D eigenvalue weighted by atomic mass is 10.1. The lowest BCUT2D eigenvalue weighted by Crippen LogP contribution is -2.53. The van der Waals surface area contributed by atoms with Crippen LogP contribution in [0.1, 0.15) is 25.6 Å². The third-order valence-corrected chi connectivity index (χ3v) is 2.56. The topological polar surface area (TPSA) is 54.2 Å². The van der Waals surface area contributed by atoms with Crippen molar-refractivity contribution in [3.63, 3.8) is 0 Å². The molecular formula is C10H18N4O. The molecule has 0 aliphatic carbocycles. The first kappa shape index (κ1) is 10.6. The molecule has 0 aromatic carbocycles. The maximum atomic E-state index is 5.37. The fourth-order valence-electron chi connectivity index (χ4n) is 2.16. The first-order valence-electron chi connectivity index (χ1n) is 5.41. The lowest BCUT2D eigenvalue weighted by molar-refractivity contribution is 0.153. The maximum Gasteiger partial charge on any atom is 0.230 e. The summed E-state index contributed by atoms with van der Waals surface area (Å²) in [5, 5.41) is 11.3. The van der Waals surface area contributed by atoms with Crippen molar-refractivity contribution in [2.24, 2.45) is 0 Å². The summed E-state index contributed by atoms with van der Waals surface area (Å²) in [6.07, 6.45) is 0. The van der Waals surface area contributed by atoms with Crippen LogP contribution in [0.5, 0.6) is 0 Å². The van der Waals surface area contributed by atoms with E-state index in [-0.39, 0.29) is 0 Å². The van der Waals surface area contributed by atoms with Gasteiger partial charge in [0, 0.05) is 32.1 Å². The Morgan fingerprint density at radius 2 is 2.00 bits per heavy atom. The fourth-order valence-corrected chi connectivity index (χ4v) is 2.16. The van der Waals surface area contributed by atoms with Crippen LogP contribution in [0.4, 0.5) is 0 Å². The minimum absolute atomic E-state index is 0.526. The average Bonchev–Trinajstić information content (AvgIpc) is 2.49. The van der Waals surface area contributed by atoms with Crippen LogP contribution in [0.2, 0.25) is 0 Å². The molecule has 84 valence electrons. The Morgan fingerprint density at radius 1 is 1.33 bits per heavy atom. The lowest BCUT2D eigenvalue weighted by Gasteiger charge is -2.35. The Labute approximate surface area is 89.9 Å². The number of hydrogen-bond donors (Lipinski definition) is 1. The molecule has 1 aliphatic rings. The minimum atomic E-state index is 0.526. The molecule has 1 N–H and O–H groups in total. The van der Waals surface area contributed by atoms with E-state index in [0.29, 0.717) is 23.9 Å². The Hall–Kier alpha value is -0.940. The van der Waals surface area contributed by atoms with Crippen LogP contribution < -0.4 is 5.32 Å². The van der Waals surface area contributed by atoms with Crippen molar-refractivity contribution < 1.29 is 4.42 Å². The molecule has 0 spiro atoms. The zero-order valence-corrected chi connectivity index (χ0v) is 9.53. The summed E-state index contributed by atoms with van der Waals surface area (Å²) in [7, 11) is 0. The van der Waals surface area contributed by atoms with Gasteiger partial charge in [0.15, 0.2) is 0 Å². The zero-order valence-electron chi connectivity index (χ0n) is 9.53. The first-order valence-corrected chi connectivity index (χ1v) is 5.41. The van der Waals surface area contributed by atoms with Gasteiger partial charge in [0.25, 0.3) is 0 Å². The van der Waals surface area contributed by atoms with Crippen LogP contribution >= 0.6 is 0 Å². The van der Waals surface area contributed by atoms with E-state index in [4.69, 9.17) is 4.42 Å². The monoisotopic (exact) mass is 210 g/mol. The Kier molecular flexibility index (Phi) is 3.02. The Balaban J connectivity index is 1.94. The van der Waals surface area contributed by atoms with Crippen molar-refractivity contribution in [1.82, 2.24) is 20.4 Å². The van der Waals surface area contributed by atoms with E-state index in [1.54, 1.807) is 0 Å². The van der Waals surface area contributed by atoms with Gasteiger partial charge in [-0.15, -0.1) is 10.2 Å². The number of rotatable bonds is 2. The van der Waals surface area contributed by atoms with Gasteiger partial charge >= 0.3 is 0 Å². The van der Waals surface area contributed by atoms with E-state index in [1.165, 1.54) is 0 Å². The Bertz CT molecular complexity index is 315. The van der Waals surface area contributed by atoms with Gasteiger partial charge in [-0.3, -0.25) is 4.90 Å². The first-order chi connectivity index (χ1) is 7.13. The number of hydrogen-bond acceptors (Lipinski definition) is 5. The largest absolute Gasteiger partial charge is 0.424 e. The van der Waals surface area contributed by atoms with E-state index in [1.807, 2.05) is 6.92 Å². The number of piperazine rings is 1. The summed E-state index contributed by atoms with van der Waals surface area (Å²) in [6, 6.07) is 1.05. The molecule has 2 rings (SSSR count). The highest BCUT2D eigenvalue weighted by atomic mass is 16.4. The zero-order chi connectivity index (χ0) is 10.8. The summed E-state index contributed by atoms with van der Waals surface area (Å²) in [6.45, 7) is 9.04. The van der Waals surface area contributed by atoms with E-state index in [9.17, 15) is 0 Å². The van der Waals surface area contributed by atoms with Gasteiger partial charge in [0.05, 0.1) is 6.54 Å². The van der Waals surface area contributed by atoms with E-state index in [0.717, 1.165) is 19.6 Å². The van der Waals surface area contributed by atoms with Gasteiger partial charge in [-0.05, 0) is 13.8 Å². The van der Waals surface area contributed by atoms with Crippen molar-refractivity contribution in [3.05, 3.63) is 11.8 Å². The van der Waals surface area contributed by atoms with E-state index in [2.05, 4.69) is 34.3 Å². The second-order valence-corrected chi connectivity index (χ2v) is 4.38. The molecule has 5 heteroatoms. The summed E-state index contributed by atoms with van der Waals surface area (Å²) in [5.41, 5.74) is 0. The molecule has 1 aromatic heterocycles. The summed E-state index contributed by atoms with van der Waals surface area (Å²) < 4.78 is 5.37.